The Morgan fingerprint density at radius 2 is 2.13 bits per heavy atom. The molecule has 2 aromatic rings. The zero-order valence-corrected chi connectivity index (χ0v) is 12.8. The van der Waals surface area contributed by atoms with E-state index in [2.05, 4.69) is 0 Å². The van der Waals surface area contributed by atoms with Crippen molar-refractivity contribution in [2.45, 2.75) is 12.3 Å². The summed E-state index contributed by atoms with van der Waals surface area (Å²) in [5, 5.41) is 10.8. The number of thiophene rings is 1. The lowest BCUT2D eigenvalue weighted by Crippen LogP contribution is -2.39. The van der Waals surface area contributed by atoms with Crippen molar-refractivity contribution in [2.24, 2.45) is 0 Å². The summed E-state index contributed by atoms with van der Waals surface area (Å²) in [6, 6.07) is 9.27. The molecule has 1 saturated heterocycles. The molecule has 3 rings (SSSR count). The summed E-state index contributed by atoms with van der Waals surface area (Å²) in [6.45, 7) is 1.10. The fraction of sp³-hybridized carbons (Fsp3) is 0.312. The number of nitriles is 1. The van der Waals surface area contributed by atoms with Crippen molar-refractivity contribution in [3.63, 3.8) is 0 Å². The number of anilines is 1. The minimum Gasteiger partial charge on any atom is -0.369 e. The molecule has 7 heteroatoms. The van der Waals surface area contributed by atoms with Crippen molar-refractivity contribution < 1.29 is 17.9 Å². The van der Waals surface area contributed by atoms with E-state index >= 15 is 0 Å². The van der Waals surface area contributed by atoms with Gasteiger partial charge in [0.25, 0.3) is 0 Å². The second-order valence-electron chi connectivity index (χ2n) is 5.16. The van der Waals surface area contributed by atoms with Crippen LogP contribution in [0.5, 0.6) is 0 Å². The van der Waals surface area contributed by atoms with Crippen LogP contribution in [0.4, 0.5) is 18.9 Å². The van der Waals surface area contributed by atoms with Gasteiger partial charge in [0.15, 0.2) is 0 Å². The van der Waals surface area contributed by atoms with E-state index in [1.54, 1.807) is 11.0 Å². The molecule has 23 heavy (non-hydrogen) atoms. The summed E-state index contributed by atoms with van der Waals surface area (Å²) < 4.78 is 45.7. The van der Waals surface area contributed by atoms with Crippen molar-refractivity contribution in [2.75, 3.05) is 24.6 Å². The molecule has 1 unspecified atom stereocenters. The second-order valence-corrected chi connectivity index (χ2v) is 6.14. The number of hydrogen-bond acceptors (Lipinski definition) is 4. The quantitative estimate of drug-likeness (QED) is 0.823. The third-order valence-corrected chi connectivity index (χ3v) is 4.66. The van der Waals surface area contributed by atoms with Gasteiger partial charge in [-0.2, -0.15) is 18.4 Å². The molecule has 120 valence electrons. The maximum absolute atomic E-state index is 13.3. The van der Waals surface area contributed by atoms with Crippen LogP contribution in [-0.2, 0) is 10.9 Å². The molecule has 1 fully saturated rings. The molecule has 2 heterocycles. The van der Waals surface area contributed by atoms with Crippen LogP contribution in [-0.4, -0.2) is 19.7 Å². The van der Waals surface area contributed by atoms with Crippen LogP contribution < -0.4 is 4.90 Å². The minimum absolute atomic E-state index is 0.00383. The first-order valence-electron chi connectivity index (χ1n) is 7.00. The number of benzene rings is 1. The molecule has 0 spiro atoms. The fourth-order valence-electron chi connectivity index (χ4n) is 2.62. The van der Waals surface area contributed by atoms with Crippen molar-refractivity contribution in [3.8, 4) is 6.07 Å². The van der Waals surface area contributed by atoms with Gasteiger partial charge >= 0.3 is 6.18 Å². The first-order valence-corrected chi connectivity index (χ1v) is 7.88. The van der Waals surface area contributed by atoms with Gasteiger partial charge in [-0.15, -0.1) is 11.3 Å². The third kappa shape index (κ3) is 3.33. The van der Waals surface area contributed by atoms with Crippen LogP contribution in [0.1, 0.15) is 22.1 Å². The van der Waals surface area contributed by atoms with E-state index in [-0.39, 0.29) is 17.4 Å². The maximum Gasteiger partial charge on any atom is 0.418 e. The number of alkyl halides is 3. The van der Waals surface area contributed by atoms with Crippen LogP contribution in [0.25, 0.3) is 0 Å². The van der Waals surface area contributed by atoms with Gasteiger partial charge in [-0.05, 0) is 29.6 Å². The van der Waals surface area contributed by atoms with Crippen molar-refractivity contribution >= 4 is 17.0 Å². The number of morpholine rings is 1. The van der Waals surface area contributed by atoms with E-state index in [0.717, 1.165) is 10.9 Å². The number of rotatable bonds is 2. The van der Waals surface area contributed by atoms with Gasteiger partial charge in [-0.25, -0.2) is 0 Å². The Balaban J connectivity index is 1.93. The largest absolute Gasteiger partial charge is 0.418 e. The second kappa shape index (κ2) is 6.22. The molecule has 0 saturated carbocycles. The SMILES string of the molecule is N#Cc1ccc(N2CCOC(c3cccs3)C2)c(C(F)(F)F)c1. The Morgan fingerprint density at radius 3 is 2.78 bits per heavy atom. The summed E-state index contributed by atoms with van der Waals surface area (Å²) in [5.41, 5.74) is -0.672. The van der Waals surface area contributed by atoms with E-state index in [9.17, 15) is 13.2 Å². The van der Waals surface area contributed by atoms with Gasteiger partial charge in [0.1, 0.15) is 6.10 Å². The molecular weight excluding hydrogens is 325 g/mol. The zero-order valence-electron chi connectivity index (χ0n) is 12.0. The normalized spacial score (nSPS) is 18.7. The highest BCUT2D eigenvalue weighted by atomic mass is 32.1. The van der Waals surface area contributed by atoms with Crippen LogP contribution in [0.3, 0.4) is 0 Å². The molecule has 0 amide bonds. The van der Waals surface area contributed by atoms with Crippen LogP contribution in [0, 0.1) is 11.3 Å². The lowest BCUT2D eigenvalue weighted by atomic mass is 10.1. The molecular formula is C16H13F3N2OS. The topological polar surface area (TPSA) is 36.3 Å². The highest BCUT2D eigenvalue weighted by Gasteiger charge is 2.36. The Bertz CT molecular complexity index is 722. The van der Waals surface area contributed by atoms with Crippen LogP contribution in [0.2, 0.25) is 0 Å². The Morgan fingerprint density at radius 1 is 1.30 bits per heavy atom. The fourth-order valence-corrected chi connectivity index (χ4v) is 3.39. The summed E-state index contributed by atoms with van der Waals surface area (Å²) >= 11 is 1.53. The summed E-state index contributed by atoms with van der Waals surface area (Å²) in [4.78, 5) is 2.68. The number of nitrogens with zero attached hydrogens (tertiary/aromatic N) is 2. The molecule has 0 aliphatic carbocycles. The number of hydrogen-bond donors (Lipinski definition) is 0. The molecule has 0 bridgehead atoms. The Hall–Kier alpha value is -2.04. The van der Waals surface area contributed by atoms with Gasteiger partial charge in [0.05, 0.1) is 23.8 Å². The van der Waals surface area contributed by atoms with E-state index in [0.29, 0.717) is 19.7 Å². The van der Waals surface area contributed by atoms with Crippen LogP contribution in [0.15, 0.2) is 35.7 Å². The van der Waals surface area contributed by atoms with E-state index in [4.69, 9.17) is 10.00 Å². The molecule has 3 nitrogen and oxygen atoms in total. The number of ether oxygens (including phenoxy) is 1. The highest BCUT2D eigenvalue weighted by Crippen LogP contribution is 2.39. The summed E-state index contributed by atoms with van der Waals surface area (Å²) in [6.07, 6.45) is -4.74. The van der Waals surface area contributed by atoms with Gasteiger partial charge in [-0.3, -0.25) is 0 Å². The predicted octanol–water partition coefficient (Wildman–Crippen LogP) is 4.22. The zero-order chi connectivity index (χ0) is 16.4. The number of halogens is 3. The first-order chi connectivity index (χ1) is 11.0. The smallest absolute Gasteiger partial charge is 0.369 e. The van der Waals surface area contributed by atoms with E-state index < -0.39 is 11.7 Å². The van der Waals surface area contributed by atoms with Gasteiger partial charge < -0.3 is 9.64 Å². The van der Waals surface area contributed by atoms with Crippen molar-refractivity contribution in [3.05, 3.63) is 51.7 Å². The summed E-state index contributed by atoms with van der Waals surface area (Å²) in [7, 11) is 0. The molecule has 1 aliphatic rings. The monoisotopic (exact) mass is 338 g/mol. The van der Waals surface area contributed by atoms with E-state index in [1.165, 1.54) is 23.5 Å². The lowest BCUT2D eigenvalue weighted by molar-refractivity contribution is -0.137. The first kappa shape index (κ1) is 15.8. The molecule has 0 N–H and O–H groups in total. The van der Waals surface area contributed by atoms with Gasteiger partial charge in [-0.1, -0.05) is 6.07 Å². The molecule has 1 aromatic heterocycles. The Labute approximate surface area is 135 Å². The van der Waals surface area contributed by atoms with Crippen molar-refractivity contribution in [1.29, 1.82) is 5.26 Å². The van der Waals surface area contributed by atoms with Crippen molar-refractivity contribution in [1.82, 2.24) is 0 Å². The predicted molar refractivity (Wildman–Crippen MR) is 81.4 cm³/mol. The average Bonchev–Trinajstić information content (AvgIpc) is 3.08. The average molecular weight is 338 g/mol. The van der Waals surface area contributed by atoms with Crippen LogP contribution >= 0.6 is 11.3 Å². The van der Waals surface area contributed by atoms with Gasteiger partial charge in [0, 0.05) is 23.7 Å². The molecule has 1 aliphatic heterocycles. The Kier molecular flexibility index (Phi) is 4.28. The standard InChI is InChI=1S/C16H13F3N2OS/c17-16(18,19)12-8-11(9-20)3-4-13(12)21-5-6-22-14(10-21)15-2-1-7-23-15/h1-4,7-8,14H,5-6,10H2. The minimum atomic E-state index is -4.50. The van der Waals surface area contributed by atoms with E-state index in [1.807, 2.05) is 17.5 Å². The summed E-state index contributed by atoms with van der Waals surface area (Å²) in [5.74, 6) is 0. The lowest BCUT2D eigenvalue weighted by Gasteiger charge is -2.35. The molecule has 0 radical (unpaired) electrons. The maximum atomic E-state index is 13.3. The third-order valence-electron chi connectivity index (χ3n) is 3.70. The van der Waals surface area contributed by atoms with Gasteiger partial charge in [0.2, 0.25) is 0 Å². The molecule has 1 atom stereocenters. The molecule has 1 aromatic carbocycles. The highest BCUT2D eigenvalue weighted by molar-refractivity contribution is 7.10.